The normalized spacial score (nSPS) is 19.0. The Morgan fingerprint density at radius 3 is 2.22 bits per heavy atom. The first-order valence-corrected chi connectivity index (χ1v) is 16.4. The molecule has 11 nitrogen and oxygen atoms in total. The molecule has 0 radical (unpaired) electrons. The highest BCUT2D eigenvalue weighted by Gasteiger charge is 2.45. The molecule has 5 N–H and O–H groups in total. The Kier molecular flexibility index (Phi) is 12.6. The predicted octanol–water partition coefficient (Wildman–Crippen LogP) is 4.33. The molecule has 1 aromatic carbocycles. The summed E-state index contributed by atoms with van der Waals surface area (Å²) in [6.07, 6.45) is 6.27. The van der Waals surface area contributed by atoms with Crippen LogP contribution in [0.25, 0.3) is 0 Å². The van der Waals surface area contributed by atoms with Gasteiger partial charge in [-0.05, 0) is 57.4 Å². The zero-order valence-electron chi connectivity index (χ0n) is 24.2. The smallest absolute Gasteiger partial charge is 0.405 e. The Labute approximate surface area is 242 Å². The lowest BCUT2D eigenvalue weighted by Crippen LogP contribution is -2.53. The fourth-order valence-corrected chi connectivity index (χ4v) is 7.38. The van der Waals surface area contributed by atoms with E-state index in [0.717, 1.165) is 50.5 Å². The molecule has 0 saturated heterocycles. The summed E-state index contributed by atoms with van der Waals surface area (Å²) in [5.41, 5.74) is 0.799. The first-order chi connectivity index (χ1) is 19.6. The molecule has 0 bridgehead atoms. The molecule has 1 aromatic rings. The molecule has 0 aromatic heterocycles. The zero-order chi connectivity index (χ0) is 29.9. The van der Waals surface area contributed by atoms with Crippen LogP contribution >= 0.6 is 7.60 Å². The van der Waals surface area contributed by atoms with Crippen LogP contribution in [0.4, 0.5) is 4.79 Å². The third-order valence-corrected chi connectivity index (χ3v) is 10.1. The van der Waals surface area contributed by atoms with Gasteiger partial charge in [0, 0.05) is 12.0 Å². The van der Waals surface area contributed by atoms with E-state index >= 15 is 0 Å². The minimum Gasteiger partial charge on any atom is -0.465 e. The lowest BCUT2D eigenvalue weighted by atomic mass is 9.84. The number of hydrogen-bond acceptors (Lipinski definition) is 7. The van der Waals surface area contributed by atoms with Crippen LogP contribution in [0.15, 0.2) is 30.3 Å². The predicted molar refractivity (Wildman–Crippen MR) is 154 cm³/mol. The Balaban J connectivity index is 1.71. The van der Waals surface area contributed by atoms with Gasteiger partial charge in [-0.25, -0.2) is 4.79 Å². The van der Waals surface area contributed by atoms with Crippen LogP contribution in [0, 0.1) is 5.92 Å². The molecule has 3 rings (SSSR count). The Bertz CT molecular complexity index is 1040. The Hall–Kier alpha value is -2.46. The number of carbonyl (C=O) groups is 3. The van der Waals surface area contributed by atoms with Crippen molar-refractivity contribution in [1.29, 1.82) is 0 Å². The number of nitrogens with one attached hydrogen (secondary N) is 3. The maximum atomic E-state index is 13.4. The van der Waals surface area contributed by atoms with E-state index in [4.69, 9.17) is 9.05 Å². The van der Waals surface area contributed by atoms with Crippen LogP contribution in [-0.4, -0.2) is 64.8 Å². The fourth-order valence-electron chi connectivity index (χ4n) is 5.61. The molecule has 2 aliphatic rings. The number of carboxylic acid groups (broad SMARTS) is 1. The van der Waals surface area contributed by atoms with E-state index in [0.29, 0.717) is 12.8 Å². The number of aliphatic hydroxyl groups excluding tert-OH is 1. The second-order valence-corrected chi connectivity index (χ2v) is 13.3. The van der Waals surface area contributed by atoms with Crippen molar-refractivity contribution in [1.82, 2.24) is 16.0 Å². The topological polar surface area (TPSA) is 163 Å². The van der Waals surface area contributed by atoms with Gasteiger partial charge in [0.05, 0.1) is 19.3 Å². The van der Waals surface area contributed by atoms with Crippen LogP contribution in [0.2, 0.25) is 0 Å². The monoisotopic (exact) mass is 595 g/mol. The lowest BCUT2D eigenvalue weighted by Gasteiger charge is -2.31. The maximum Gasteiger partial charge on any atom is 0.405 e. The van der Waals surface area contributed by atoms with Gasteiger partial charge in [0.15, 0.2) is 5.85 Å². The Morgan fingerprint density at radius 2 is 1.66 bits per heavy atom. The molecule has 41 heavy (non-hydrogen) atoms. The average Bonchev–Trinajstić information content (AvgIpc) is 3.69. The molecule has 12 heteroatoms. The van der Waals surface area contributed by atoms with Crippen molar-refractivity contribution in [2.75, 3.05) is 13.2 Å². The van der Waals surface area contributed by atoms with Crippen LogP contribution in [0.1, 0.15) is 83.6 Å². The molecular weight excluding hydrogens is 549 g/mol. The molecule has 0 heterocycles. The van der Waals surface area contributed by atoms with Gasteiger partial charge < -0.3 is 35.2 Å². The van der Waals surface area contributed by atoms with E-state index in [2.05, 4.69) is 16.0 Å². The van der Waals surface area contributed by atoms with Crippen LogP contribution < -0.4 is 16.0 Å². The van der Waals surface area contributed by atoms with Crippen LogP contribution in [0.3, 0.4) is 0 Å². The van der Waals surface area contributed by atoms with Gasteiger partial charge in [-0.15, -0.1) is 0 Å². The van der Waals surface area contributed by atoms with E-state index < -0.39 is 37.5 Å². The van der Waals surface area contributed by atoms with E-state index in [-0.39, 0.29) is 43.4 Å². The summed E-state index contributed by atoms with van der Waals surface area (Å²) >= 11 is 0. The molecule has 0 spiro atoms. The molecular formula is C29H46N3O8P. The van der Waals surface area contributed by atoms with Crippen LogP contribution in [-0.2, 0) is 29.6 Å². The first-order valence-electron chi connectivity index (χ1n) is 14.8. The van der Waals surface area contributed by atoms with E-state index in [1.165, 1.54) is 0 Å². The number of aliphatic hydroxyl groups is 1. The molecule has 2 aliphatic carbocycles. The van der Waals surface area contributed by atoms with E-state index in [1.54, 1.807) is 13.8 Å². The van der Waals surface area contributed by atoms with Crippen molar-refractivity contribution >= 4 is 25.5 Å². The Morgan fingerprint density at radius 1 is 1.02 bits per heavy atom. The van der Waals surface area contributed by atoms with Gasteiger partial charge in [0.25, 0.3) is 0 Å². The molecule has 3 atom stereocenters. The fraction of sp³-hybridized carbons (Fsp3) is 0.690. The minimum atomic E-state index is -4.08. The molecule has 3 amide bonds. The van der Waals surface area contributed by atoms with Gasteiger partial charge >= 0.3 is 13.7 Å². The minimum absolute atomic E-state index is 0.00235. The van der Waals surface area contributed by atoms with Crippen LogP contribution in [0.5, 0.6) is 0 Å². The molecule has 2 saturated carbocycles. The van der Waals surface area contributed by atoms with Gasteiger partial charge in [0.2, 0.25) is 11.8 Å². The summed E-state index contributed by atoms with van der Waals surface area (Å²) in [6, 6.07) is 7.65. The van der Waals surface area contributed by atoms with E-state index in [1.807, 2.05) is 30.3 Å². The van der Waals surface area contributed by atoms with E-state index in [9.17, 15) is 29.2 Å². The largest absolute Gasteiger partial charge is 0.465 e. The highest BCUT2D eigenvalue weighted by molar-refractivity contribution is 7.54. The van der Waals surface area contributed by atoms with Crippen molar-refractivity contribution in [3.8, 4) is 0 Å². The second-order valence-electron chi connectivity index (χ2n) is 11.2. The zero-order valence-corrected chi connectivity index (χ0v) is 25.1. The highest BCUT2D eigenvalue weighted by atomic mass is 31.2. The van der Waals surface area contributed by atoms with Crippen molar-refractivity contribution in [2.45, 2.75) is 108 Å². The highest BCUT2D eigenvalue weighted by Crippen LogP contribution is 2.53. The summed E-state index contributed by atoms with van der Waals surface area (Å²) in [4.78, 5) is 37.9. The standard InChI is InChI=1S/C29H46N3O8P/c1-3-39-41(38,40-4-2)27(35)23(30-26(34)24(31-28(36)37)19-21-11-7-5-8-12-21)15-16-25(33)32-29(17-18-29)20-22-13-9-6-10-14-22/h6,9-10,13-14,21,23-24,27,31,35H,3-5,7-8,11-12,15-20H2,1-2H3,(H,30,34)(H,32,33)(H,36,37). The number of benzene rings is 1. The third-order valence-electron chi connectivity index (χ3n) is 7.86. The third kappa shape index (κ3) is 10.4. The molecule has 2 fully saturated rings. The van der Waals surface area contributed by atoms with Gasteiger partial charge in [-0.3, -0.25) is 14.2 Å². The number of hydrogen-bond donors (Lipinski definition) is 5. The lowest BCUT2D eigenvalue weighted by molar-refractivity contribution is -0.126. The van der Waals surface area contributed by atoms with Gasteiger partial charge in [0.1, 0.15) is 6.04 Å². The summed E-state index contributed by atoms with van der Waals surface area (Å²) in [5, 5.41) is 28.7. The molecule has 0 aliphatic heterocycles. The van der Waals surface area contributed by atoms with Crippen molar-refractivity contribution < 1.29 is 38.2 Å². The first kappa shape index (κ1) is 33.0. The van der Waals surface area contributed by atoms with Crippen molar-refractivity contribution in [3.63, 3.8) is 0 Å². The SMILES string of the molecule is CCOP(=O)(OCC)C(O)C(CCC(=O)NC1(Cc2ccccc2)CC1)NC(=O)C(CC1CCCCC1)NC(=O)O. The van der Waals surface area contributed by atoms with Crippen molar-refractivity contribution in [2.24, 2.45) is 5.92 Å². The average molecular weight is 596 g/mol. The van der Waals surface area contributed by atoms with Crippen molar-refractivity contribution in [3.05, 3.63) is 35.9 Å². The molecule has 230 valence electrons. The second kappa shape index (κ2) is 15.7. The summed E-state index contributed by atoms with van der Waals surface area (Å²) in [5.74, 6) is -2.46. The summed E-state index contributed by atoms with van der Waals surface area (Å²) in [6.45, 7) is 3.22. The maximum absolute atomic E-state index is 13.4. The number of carbonyl (C=O) groups excluding carboxylic acids is 2. The summed E-state index contributed by atoms with van der Waals surface area (Å²) in [7, 11) is -4.08. The number of amides is 3. The quantitative estimate of drug-likeness (QED) is 0.166. The molecule has 3 unspecified atom stereocenters. The van der Waals surface area contributed by atoms with Gasteiger partial charge in [-0.1, -0.05) is 62.4 Å². The van der Waals surface area contributed by atoms with Gasteiger partial charge in [-0.2, -0.15) is 0 Å². The summed E-state index contributed by atoms with van der Waals surface area (Å²) < 4.78 is 24.1. The number of rotatable bonds is 17.